The third-order valence-electron chi connectivity index (χ3n) is 3.63. The normalized spacial score (nSPS) is 18.2. The number of carbonyl (C=O) groups excluding carboxylic acids is 1. The number of pyridine rings is 1. The fourth-order valence-electron chi connectivity index (χ4n) is 2.52. The highest BCUT2D eigenvalue weighted by atomic mass is 16.6. The maximum atomic E-state index is 12.2. The van der Waals surface area contributed by atoms with E-state index in [0.717, 1.165) is 18.4 Å². The molecular formula is C17H24N4O2. The Bertz CT molecular complexity index is 616. The molecule has 1 aromatic rings. The first-order valence-corrected chi connectivity index (χ1v) is 7.91. The van der Waals surface area contributed by atoms with Gasteiger partial charge in [0.2, 0.25) is 0 Å². The standard InChI is InChI=1S/C17H24N4O2/c1-12-7-8-15(20-14(12)10-18)19-13-6-5-9-21(11-13)16(22)23-17(2,3)4/h7-8,13H,5-6,9,11H2,1-4H3,(H,19,20). The molecule has 0 aromatic carbocycles. The minimum atomic E-state index is -0.488. The van der Waals surface area contributed by atoms with Crippen LogP contribution in [0.4, 0.5) is 10.6 Å². The van der Waals surface area contributed by atoms with Crippen LogP contribution in [0.5, 0.6) is 0 Å². The van der Waals surface area contributed by atoms with E-state index in [1.54, 1.807) is 4.90 Å². The van der Waals surface area contributed by atoms with Crippen LogP contribution in [0.1, 0.15) is 44.9 Å². The van der Waals surface area contributed by atoms with Crippen molar-refractivity contribution in [1.82, 2.24) is 9.88 Å². The van der Waals surface area contributed by atoms with Crippen molar-refractivity contribution in [3.05, 3.63) is 23.4 Å². The second-order valence-corrected chi connectivity index (χ2v) is 6.88. The lowest BCUT2D eigenvalue weighted by Crippen LogP contribution is -2.47. The van der Waals surface area contributed by atoms with Gasteiger partial charge in [-0.15, -0.1) is 0 Å². The number of ether oxygens (including phenoxy) is 1. The quantitative estimate of drug-likeness (QED) is 0.907. The highest BCUT2D eigenvalue weighted by Gasteiger charge is 2.27. The van der Waals surface area contributed by atoms with Crippen LogP contribution in [0.15, 0.2) is 12.1 Å². The average molecular weight is 316 g/mol. The zero-order valence-corrected chi connectivity index (χ0v) is 14.2. The molecule has 6 heteroatoms. The second-order valence-electron chi connectivity index (χ2n) is 6.88. The molecule has 1 fully saturated rings. The molecule has 6 nitrogen and oxygen atoms in total. The fourth-order valence-corrected chi connectivity index (χ4v) is 2.52. The van der Waals surface area contributed by atoms with Gasteiger partial charge in [-0.25, -0.2) is 9.78 Å². The molecule has 1 aliphatic rings. The van der Waals surface area contributed by atoms with E-state index in [1.165, 1.54) is 0 Å². The molecule has 1 atom stereocenters. The van der Waals surface area contributed by atoms with Crippen LogP contribution < -0.4 is 5.32 Å². The molecule has 1 unspecified atom stereocenters. The Morgan fingerprint density at radius 2 is 2.22 bits per heavy atom. The van der Waals surface area contributed by atoms with E-state index in [1.807, 2.05) is 39.8 Å². The molecule has 0 aliphatic carbocycles. The van der Waals surface area contributed by atoms with Gasteiger partial charge in [-0.2, -0.15) is 5.26 Å². The molecule has 1 aliphatic heterocycles. The molecule has 1 N–H and O–H groups in total. The van der Waals surface area contributed by atoms with E-state index in [9.17, 15) is 4.79 Å². The van der Waals surface area contributed by atoms with E-state index < -0.39 is 5.60 Å². The Labute approximate surface area is 137 Å². The summed E-state index contributed by atoms with van der Waals surface area (Å²) in [7, 11) is 0. The molecule has 1 saturated heterocycles. The number of hydrogen-bond donors (Lipinski definition) is 1. The number of nitrogens with one attached hydrogen (secondary N) is 1. The smallest absolute Gasteiger partial charge is 0.410 e. The minimum Gasteiger partial charge on any atom is -0.444 e. The van der Waals surface area contributed by atoms with Crippen LogP contribution in [0.3, 0.4) is 0 Å². The van der Waals surface area contributed by atoms with Crippen LogP contribution in [0, 0.1) is 18.3 Å². The summed E-state index contributed by atoms with van der Waals surface area (Å²) in [6.07, 6.45) is 1.59. The Balaban J connectivity index is 1.99. The predicted molar refractivity (Wildman–Crippen MR) is 88.1 cm³/mol. The molecule has 2 heterocycles. The Kier molecular flexibility index (Phi) is 5.09. The van der Waals surface area contributed by atoms with Gasteiger partial charge in [0.05, 0.1) is 0 Å². The summed E-state index contributed by atoms with van der Waals surface area (Å²) >= 11 is 0. The number of aromatic nitrogens is 1. The van der Waals surface area contributed by atoms with E-state index in [-0.39, 0.29) is 12.1 Å². The lowest BCUT2D eigenvalue weighted by molar-refractivity contribution is 0.0206. The van der Waals surface area contributed by atoms with E-state index >= 15 is 0 Å². The third kappa shape index (κ3) is 4.85. The number of rotatable bonds is 2. The molecule has 23 heavy (non-hydrogen) atoms. The fraction of sp³-hybridized carbons (Fsp3) is 0.588. The number of likely N-dealkylation sites (tertiary alicyclic amines) is 1. The Hall–Kier alpha value is -2.29. The lowest BCUT2D eigenvalue weighted by atomic mass is 10.1. The highest BCUT2D eigenvalue weighted by Crippen LogP contribution is 2.18. The van der Waals surface area contributed by atoms with Crippen molar-refractivity contribution >= 4 is 11.9 Å². The van der Waals surface area contributed by atoms with Gasteiger partial charge in [0.25, 0.3) is 0 Å². The van der Waals surface area contributed by atoms with Crippen LogP contribution in [-0.4, -0.2) is 40.7 Å². The number of amides is 1. The third-order valence-corrected chi connectivity index (χ3v) is 3.63. The van der Waals surface area contributed by atoms with Gasteiger partial charge >= 0.3 is 6.09 Å². The monoisotopic (exact) mass is 316 g/mol. The van der Waals surface area contributed by atoms with Gasteiger partial charge in [0, 0.05) is 19.1 Å². The molecular weight excluding hydrogens is 292 g/mol. The van der Waals surface area contributed by atoms with Crippen molar-refractivity contribution in [2.24, 2.45) is 0 Å². The van der Waals surface area contributed by atoms with Crippen LogP contribution in [-0.2, 0) is 4.74 Å². The van der Waals surface area contributed by atoms with Crippen molar-refractivity contribution in [3.8, 4) is 6.07 Å². The summed E-state index contributed by atoms with van der Waals surface area (Å²) in [5.41, 5.74) is 0.796. The van der Waals surface area contributed by atoms with Crippen LogP contribution >= 0.6 is 0 Å². The van der Waals surface area contributed by atoms with Gasteiger partial charge < -0.3 is 15.0 Å². The molecule has 0 spiro atoms. The van der Waals surface area contributed by atoms with Gasteiger partial charge in [-0.05, 0) is 52.2 Å². The molecule has 2 rings (SSSR count). The molecule has 0 saturated carbocycles. The number of anilines is 1. The predicted octanol–water partition coefficient (Wildman–Crippen LogP) is 3.07. The first-order chi connectivity index (χ1) is 10.8. The summed E-state index contributed by atoms with van der Waals surface area (Å²) < 4.78 is 5.43. The average Bonchev–Trinajstić information content (AvgIpc) is 2.48. The van der Waals surface area contributed by atoms with Crippen molar-refractivity contribution in [1.29, 1.82) is 5.26 Å². The molecule has 0 bridgehead atoms. The SMILES string of the molecule is Cc1ccc(NC2CCCN(C(=O)OC(C)(C)C)C2)nc1C#N. The first kappa shape index (κ1) is 17.1. The van der Waals surface area contributed by atoms with Gasteiger partial charge in [0.15, 0.2) is 0 Å². The number of piperidine rings is 1. The molecule has 1 aromatic heterocycles. The van der Waals surface area contributed by atoms with E-state index in [4.69, 9.17) is 10.00 Å². The van der Waals surface area contributed by atoms with Crippen LogP contribution in [0.25, 0.3) is 0 Å². The highest BCUT2D eigenvalue weighted by molar-refractivity contribution is 5.68. The van der Waals surface area contributed by atoms with Crippen molar-refractivity contribution in [3.63, 3.8) is 0 Å². The number of carbonyl (C=O) groups is 1. The maximum absolute atomic E-state index is 12.2. The number of aryl methyl sites for hydroxylation is 1. The first-order valence-electron chi connectivity index (χ1n) is 7.91. The number of nitrogens with zero attached hydrogens (tertiary/aromatic N) is 3. The zero-order chi connectivity index (χ0) is 17.0. The Morgan fingerprint density at radius 3 is 2.87 bits per heavy atom. The van der Waals surface area contributed by atoms with Crippen molar-refractivity contribution in [2.45, 2.75) is 52.2 Å². The minimum absolute atomic E-state index is 0.109. The topological polar surface area (TPSA) is 78.2 Å². The van der Waals surface area contributed by atoms with Crippen molar-refractivity contribution < 1.29 is 9.53 Å². The largest absolute Gasteiger partial charge is 0.444 e. The number of nitriles is 1. The van der Waals surface area contributed by atoms with Gasteiger partial charge in [0.1, 0.15) is 23.2 Å². The molecule has 1 amide bonds. The van der Waals surface area contributed by atoms with E-state index in [0.29, 0.717) is 24.6 Å². The summed E-state index contributed by atoms with van der Waals surface area (Å²) in [6, 6.07) is 5.94. The summed E-state index contributed by atoms with van der Waals surface area (Å²) in [6.45, 7) is 8.74. The summed E-state index contributed by atoms with van der Waals surface area (Å²) in [5.74, 6) is 0.670. The summed E-state index contributed by atoms with van der Waals surface area (Å²) in [4.78, 5) is 18.2. The molecule has 0 radical (unpaired) electrons. The maximum Gasteiger partial charge on any atom is 0.410 e. The van der Waals surface area contributed by atoms with Gasteiger partial charge in [-0.3, -0.25) is 0 Å². The Morgan fingerprint density at radius 1 is 1.48 bits per heavy atom. The van der Waals surface area contributed by atoms with E-state index in [2.05, 4.69) is 16.4 Å². The van der Waals surface area contributed by atoms with Crippen LogP contribution in [0.2, 0.25) is 0 Å². The second kappa shape index (κ2) is 6.86. The zero-order valence-electron chi connectivity index (χ0n) is 14.2. The van der Waals surface area contributed by atoms with Crippen molar-refractivity contribution in [2.75, 3.05) is 18.4 Å². The van der Waals surface area contributed by atoms with Gasteiger partial charge in [-0.1, -0.05) is 6.07 Å². The number of hydrogen-bond acceptors (Lipinski definition) is 5. The summed E-state index contributed by atoms with van der Waals surface area (Å²) in [5, 5.41) is 12.4. The molecule has 124 valence electrons. The lowest BCUT2D eigenvalue weighted by Gasteiger charge is -2.34.